The van der Waals surface area contributed by atoms with Crippen LogP contribution in [0.1, 0.15) is 22.6 Å². The van der Waals surface area contributed by atoms with E-state index in [-0.39, 0.29) is 6.61 Å². The molecule has 1 aromatic carbocycles. The van der Waals surface area contributed by atoms with E-state index < -0.39 is 12.1 Å². The summed E-state index contributed by atoms with van der Waals surface area (Å²) in [5, 5.41) is 24.8. The number of halogens is 3. The number of hydrogen-bond donors (Lipinski definition) is 2. The molecule has 4 rings (SSSR count). The van der Waals surface area contributed by atoms with Gasteiger partial charge in [0.2, 0.25) is 0 Å². The molecule has 4 aromatic rings. The Bertz CT molecular complexity index is 1210. The zero-order valence-electron chi connectivity index (χ0n) is 16.2. The zero-order chi connectivity index (χ0) is 22.1. The number of alkyl halides is 3. The van der Waals surface area contributed by atoms with E-state index in [1.165, 1.54) is 11.3 Å². The lowest BCUT2D eigenvalue weighted by molar-refractivity contribution is -0.192. The molecule has 0 saturated heterocycles. The molecule has 0 fully saturated rings. The Kier molecular flexibility index (Phi) is 5.79. The number of pyridine rings is 1. The van der Waals surface area contributed by atoms with Gasteiger partial charge in [-0.25, -0.2) is 4.79 Å². The van der Waals surface area contributed by atoms with E-state index in [9.17, 15) is 18.3 Å². The highest BCUT2D eigenvalue weighted by Crippen LogP contribution is 2.23. The summed E-state index contributed by atoms with van der Waals surface area (Å²) >= 11 is 0. The van der Waals surface area contributed by atoms with Gasteiger partial charge in [0.05, 0.1) is 17.6 Å². The van der Waals surface area contributed by atoms with Gasteiger partial charge < -0.3 is 14.8 Å². The van der Waals surface area contributed by atoms with Crippen molar-refractivity contribution in [2.24, 2.45) is 0 Å². The van der Waals surface area contributed by atoms with Crippen LogP contribution in [0.25, 0.3) is 16.7 Å². The summed E-state index contributed by atoms with van der Waals surface area (Å²) in [5.41, 5.74) is 6.46. The third-order valence-electron chi connectivity index (χ3n) is 4.56. The Morgan fingerprint density at radius 3 is 2.33 bits per heavy atom. The maximum atomic E-state index is 10.6. The lowest BCUT2D eigenvalue weighted by Gasteiger charge is -2.10. The number of carboxylic acids is 1. The number of aliphatic carboxylic acids is 1. The maximum Gasteiger partial charge on any atom is 0.490 e. The third-order valence-corrected chi connectivity index (χ3v) is 4.56. The molecule has 30 heavy (non-hydrogen) atoms. The van der Waals surface area contributed by atoms with Crippen LogP contribution in [0.2, 0.25) is 0 Å². The molecule has 3 heterocycles. The second-order valence-electron chi connectivity index (χ2n) is 6.70. The van der Waals surface area contributed by atoms with Crippen molar-refractivity contribution >= 4 is 22.6 Å². The molecule has 0 aliphatic rings. The van der Waals surface area contributed by atoms with Crippen LogP contribution in [-0.4, -0.2) is 41.5 Å². The molecule has 0 atom stereocenters. The normalized spacial score (nSPS) is 11.5. The Morgan fingerprint density at radius 2 is 1.70 bits per heavy atom. The van der Waals surface area contributed by atoms with Crippen LogP contribution < -0.4 is 0 Å². The Balaban J connectivity index is 0.000000318. The van der Waals surface area contributed by atoms with Crippen LogP contribution in [0.15, 0.2) is 42.5 Å². The Labute approximate surface area is 169 Å². The quantitative estimate of drug-likeness (QED) is 0.530. The van der Waals surface area contributed by atoms with Crippen LogP contribution in [0, 0.1) is 13.8 Å². The van der Waals surface area contributed by atoms with Gasteiger partial charge in [0.15, 0.2) is 5.65 Å². The number of rotatable bonds is 3. The van der Waals surface area contributed by atoms with Crippen LogP contribution in [0.5, 0.6) is 0 Å². The topological polar surface area (TPSA) is 92.7 Å². The van der Waals surface area contributed by atoms with Crippen molar-refractivity contribution in [1.29, 1.82) is 0 Å². The van der Waals surface area contributed by atoms with Gasteiger partial charge in [-0.2, -0.15) is 13.2 Å². The van der Waals surface area contributed by atoms with E-state index >= 15 is 0 Å². The number of aromatic nitrogens is 4. The van der Waals surface area contributed by atoms with Crippen LogP contribution in [0.4, 0.5) is 13.2 Å². The van der Waals surface area contributed by atoms with E-state index in [4.69, 9.17) is 9.90 Å². The van der Waals surface area contributed by atoms with Gasteiger partial charge in [0.25, 0.3) is 0 Å². The second kappa shape index (κ2) is 8.15. The van der Waals surface area contributed by atoms with Crippen LogP contribution >= 0.6 is 0 Å². The molecule has 158 valence electrons. The highest BCUT2D eigenvalue weighted by atomic mass is 19.4. The van der Waals surface area contributed by atoms with Crippen molar-refractivity contribution in [2.45, 2.75) is 33.2 Å². The maximum absolute atomic E-state index is 10.6. The first-order valence-corrected chi connectivity index (χ1v) is 8.91. The summed E-state index contributed by atoms with van der Waals surface area (Å²) in [6.45, 7) is 4.92. The number of aliphatic hydroxyl groups is 1. The number of aryl methyl sites for hydroxylation is 2. The van der Waals surface area contributed by atoms with E-state index in [1.807, 2.05) is 31.2 Å². The first-order valence-electron chi connectivity index (χ1n) is 8.91. The zero-order valence-corrected chi connectivity index (χ0v) is 16.2. The fraction of sp³-hybridized carbons (Fsp3) is 0.250. The molecule has 10 heteroatoms. The van der Waals surface area contributed by atoms with Gasteiger partial charge in [-0.1, -0.05) is 24.3 Å². The van der Waals surface area contributed by atoms with Crippen molar-refractivity contribution in [2.75, 3.05) is 0 Å². The summed E-state index contributed by atoms with van der Waals surface area (Å²) < 4.78 is 36.1. The lowest BCUT2D eigenvalue weighted by atomic mass is 10.1. The summed E-state index contributed by atoms with van der Waals surface area (Å²) in [7, 11) is 0. The summed E-state index contributed by atoms with van der Waals surface area (Å²) in [6, 6.07) is 14.3. The summed E-state index contributed by atoms with van der Waals surface area (Å²) in [5.74, 6) is -1.86. The van der Waals surface area contributed by atoms with Gasteiger partial charge in [-0.15, -0.1) is 10.2 Å². The number of fused-ring (bicyclic) bond motifs is 3. The van der Waals surface area contributed by atoms with Crippen molar-refractivity contribution in [3.8, 4) is 0 Å². The first-order chi connectivity index (χ1) is 14.1. The van der Waals surface area contributed by atoms with E-state index in [0.29, 0.717) is 0 Å². The minimum absolute atomic E-state index is 0.0692. The third kappa shape index (κ3) is 4.28. The molecule has 0 bridgehead atoms. The highest BCUT2D eigenvalue weighted by Gasteiger charge is 2.38. The van der Waals surface area contributed by atoms with Crippen molar-refractivity contribution in [3.63, 3.8) is 0 Å². The lowest BCUT2D eigenvalue weighted by Crippen LogP contribution is -2.21. The Morgan fingerprint density at radius 1 is 1.03 bits per heavy atom. The number of hydrogen-bond acceptors (Lipinski definition) is 4. The predicted molar refractivity (Wildman–Crippen MR) is 103 cm³/mol. The first kappa shape index (κ1) is 21.3. The van der Waals surface area contributed by atoms with Gasteiger partial charge >= 0.3 is 12.1 Å². The molecule has 0 amide bonds. The monoisotopic (exact) mass is 420 g/mol. The number of nitrogens with zero attached hydrogens (tertiary/aromatic N) is 4. The van der Waals surface area contributed by atoms with Gasteiger partial charge in [-0.05, 0) is 43.2 Å². The van der Waals surface area contributed by atoms with Gasteiger partial charge in [-0.3, -0.25) is 4.40 Å². The fourth-order valence-corrected chi connectivity index (χ4v) is 3.19. The van der Waals surface area contributed by atoms with E-state index in [2.05, 4.69) is 44.3 Å². The van der Waals surface area contributed by atoms with E-state index in [0.717, 1.165) is 34.6 Å². The Hall–Kier alpha value is -3.40. The van der Waals surface area contributed by atoms with Crippen molar-refractivity contribution in [3.05, 3.63) is 65.1 Å². The molecular weight excluding hydrogens is 401 g/mol. The van der Waals surface area contributed by atoms with Crippen molar-refractivity contribution in [1.82, 2.24) is 19.2 Å². The average molecular weight is 420 g/mol. The molecule has 0 spiro atoms. The standard InChI is InChI=1S/C18H18N4O.C2HF3O2/c1-12-8-17-16(6-7-18-20-19-13(2)22(17)18)21(12)10-14-4-3-5-15(9-14)11-23;3-2(4,5)1(6)7/h3-9,23H,10-11H2,1-2H3;(H,6,7). The molecule has 2 N–H and O–H groups in total. The summed E-state index contributed by atoms with van der Waals surface area (Å²) in [6.07, 6.45) is -5.08. The number of carboxylic acid groups (broad SMARTS) is 1. The largest absolute Gasteiger partial charge is 0.490 e. The van der Waals surface area contributed by atoms with Crippen molar-refractivity contribution < 1.29 is 28.2 Å². The molecule has 0 aliphatic carbocycles. The molecule has 0 aliphatic heterocycles. The molecule has 0 radical (unpaired) electrons. The van der Waals surface area contributed by atoms with Gasteiger partial charge in [0.1, 0.15) is 5.82 Å². The molecule has 0 unspecified atom stereocenters. The smallest absolute Gasteiger partial charge is 0.475 e. The molecule has 0 saturated carbocycles. The summed E-state index contributed by atoms with van der Waals surface area (Å²) in [4.78, 5) is 8.90. The fourth-order valence-electron chi connectivity index (χ4n) is 3.19. The number of benzene rings is 1. The number of aliphatic hydroxyl groups excluding tert-OH is 1. The SMILES string of the molecule is Cc1cc2c(ccc3nnc(C)n32)n1Cc1cccc(CO)c1.O=C(O)C(F)(F)F. The molecular formula is C20H19F3N4O3. The molecule has 3 aromatic heterocycles. The van der Waals surface area contributed by atoms with Crippen LogP contribution in [-0.2, 0) is 17.9 Å². The second-order valence-corrected chi connectivity index (χ2v) is 6.70. The van der Waals surface area contributed by atoms with E-state index in [1.54, 1.807) is 0 Å². The predicted octanol–water partition coefficient (Wildman–Crippen LogP) is 3.47. The minimum atomic E-state index is -5.08. The minimum Gasteiger partial charge on any atom is -0.475 e. The van der Waals surface area contributed by atoms with Gasteiger partial charge in [0, 0.05) is 12.2 Å². The van der Waals surface area contributed by atoms with Crippen LogP contribution in [0.3, 0.4) is 0 Å². The number of carbonyl (C=O) groups is 1. The molecule has 7 nitrogen and oxygen atoms in total. The average Bonchev–Trinajstić information content (AvgIpc) is 3.22. The highest BCUT2D eigenvalue weighted by molar-refractivity contribution is 5.81.